The number of imidazole rings is 2. The van der Waals surface area contributed by atoms with E-state index >= 15 is 0 Å². The van der Waals surface area contributed by atoms with Gasteiger partial charge in [0.1, 0.15) is 5.82 Å². The second-order valence-electron chi connectivity index (χ2n) is 6.43. The van der Waals surface area contributed by atoms with E-state index in [1.165, 1.54) is 0 Å². The molecule has 1 N–H and O–H groups in total. The van der Waals surface area contributed by atoms with Crippen molar-refractivity contribution in [2.45, 2.75) is 26.7 Å². The summed E-state index contributed by atoms with van der Waals surface area (Å²) in [6.45, 7) is 9.43. The molecule has 3 aromatic heterocycles. The molecule has 0 aliphatic carbocycles. The molecular weight excluding hydrogens is 304 g/mol. The number of aromatic nitrogens is 5. The Bertz CT molecular complexity index is 859. The van der Waals surface area contributed by atoms with Crippen LogP contribution in [-0.4, -0.2) is 50.6 Å². The van der Waals surface area contributed by atoms with Crippen molar-refractivity contribution in [2.75, 3.05) is 31.2 Å². The van der Waals surface area contributed by atoms with Gasteiger partial charge in [-0.15, -0.1) is 0 Å². The minimum absolute atomic E-state index is 0.365. The number of aryl methyl sites for hydroxylation is 1. The fourth-order valence-electron chi connectivity index (χ4n) is 3.15. The van der Waals surface area contributed by atoms with Gasteiger partial charge in [0.05, 0.1) is 36.5 Å². The molecule has 126 valence electrons. The molecule has 0 aromatic carbocycles. The van der Waals surface area contributed by atoms with E-state index in [4.69, 9.17) is 9.72 Å². The molecule has 1 saturated heterocycles. The van der Waals surface area contributed by atoms with Crippen LogP contribution in [0.15, 0.2) is 18.6 Å². The lowest BCUT2D eigenvalue weighted by atomic mass is 10.2. The number of fused-ring (bicyclic) bond motifs is 1. The summed E-state index contributed by atoms with van der Waals surface area (Å²) in [4.78, 5) is 19.5. The zero-order chi connectivity index (χ0) is 16.7. The van der Waals surface area contributed by atoms with Crippen LogP contribution in [-0.2, 0) is 4.74 Å². The number of aromatic amines is 1. The molecule has 0 amide bonds. The monoisotopic (exact) mass is 326 g/mol. The topological polar surface area (TPSA) is 71.3 Å². The molecule has 4 heterocycles. The molecule has 7 nitrogen and oxygen atoms in total. The molecule has 1 aliphatic rings. The van der Waals surface area contributed by atoms with E-state index in [0.717, 1.165) is 60.7 Å². The summed E-state index contributed by atoms with van der Waals surface area (Å²) in [5, 5.41) is 0. The first-order chi connectivity index (χ1) is 11.6. The van der Waals surface area contributed by atoms with E-state index < -0.39 is 0 Å². The molecule has 0 radical (unpaired) electrons. The van der Waals surface area contributed by atoms with Crippen LogP contribution < -0.4 is 4.90 Å². The smallest absolute Gasteiger partial charge is 0.181 e. The number of rotatable bonds is 3. The predicted octanol–water partition coefficient (Wildman–Crippen LogP) is 2.39. The maximum absolute atomic E-state index is 5.45. The van der Waals surface area contributed by atoms with Crippen molar-refractivity contribution in [1.82, 2.24) is 24.3 Å². The number of ether oxygens (including phenoxy) is 1. The lowest BCUT2D eigenvalue weighted by Crippen LogP contribution is -2.37. The van der Waals surface area contributed by atoms with Gasteiger partial charge >= 0.3 is 0 Å². The standard InChI is InChI=1S/C17H22N6O/c1-11(2)15-19-10-13(21-15)14-12(3)20-17-16(18-4-5-23(14)17)22-6-8-24-9-7-22/h4-5,10-11H,6-9H2,1-3H3,(H,19,21). The number of morpholine rings is 1. The zero-order valence-corrected chi connectivity index (χ0v) is 14.3. The summed E-state index contributed by atoms with van der Waals surface area (Å²) in [6, 6.07) is 0. The number of anilines is 1. The van der Waals surface area contributed by atoms with Gasteiger partial charge in [-0.3, -0.25) is 4.40 Å². The number of nitrogens with one attached hydrogen (secondary N) is 1. The van der Waals surface area contributed by atoms with Crippen LogP contribution in [0, 0.1) is 6.92 Å². The average molecular weight is 326 g/mol. The maximum Gasteiger partial charge on any atom is 0.181 e. The molecular formula is C17H22N6O. The summed E-state index contributed by atoms with van der Waals surface area (Å²) < 4.78 is 7.55. The van der Waals surface area contributed by atoms with Gasteiger partial charge in [-0.05, 0) is 6.92 Å². The predicted molar refractivity (Wildman–Crippen MR) is 92.4 cm³/mol. The molecule has 7 heteroatoms. The van der Waals surface area contributed by atoms with E-state index in [9.17, 15) is 0 Å². The van der Waals surface area contributed by atoms with E-state index in [0.29, 0.717) is 5.92 Å². The van der Waals surface area contributed by atoms with Crippen molar-refractivity contribution < 1.29 is 4.74 Å². The van der Waals surface area contributed by atoms with Crippen LogP contribution in [0.4, 0.5) is 5.82 Å². The Morgan fingerprint density at radius 3 is 2.71 bits per heavy atom. The summed E-state index contributed by atoms with van der Waals surface area (Å²) >= 11 is 0. The van der Waals surface area contributed by atoms with Crippen molar-refractivity contribution in [3.8, 4) is 11.4 Å². The molecule has 0 atom stereocenters. The molecule has 1 aliphatic heterocycles. The summed E-state index contributed by atoms with van der Waals surface area (Å²) in [5.41, 5.74) is 3.88. The van der Waals surface area contributed by atoms with Gasteiger partial charge in [-0.2, -0.15) is 0 Å². The molecule has 0 bridgehead atoms. The first kappa shape index (κ1) is 15.1. The number of H-pyrrole nitrogens is 1. The van der Waals surface area contributed by atoms with Gasteiger partial charge in [0.25, 0.3) is 0 Å². The van der Waals surface area contributed by atoms with Crippen LogP contribution in [0.25, 0.3) is 17.0 Å². The third kappa shape index (κ3) is 2.45. The molecule has 0 spiro atoms. The van der Waals surface area contributed by atoms with Crippen LogP contribution in [0.1, 0.15) is 31.3 Å². The highest BCUT2D eigenvalue weighted by atomic mass is 16.5. The van der Waals surface area contributed by atoms with Crippen LogP contribution in [0.3, 0.4) is 0 Å². The van der Waals surface area contributed by atoms with Gasteiger partial charge in [0, 0.05) is 31.4 Å². The molecule has 3 aromatic rings. The largest absolute Gasteiger partial charge is 0.378 e. The van der Waals surface area contributed by atoms with Crippen molar-refractivity contribution in [1.29, 1.82) is 0 Å². The minimum Gasteiger partial charge on any atom is -0.378 e. The Hall–Kier alpha value is -2.41. The SMILES string of the molecule is Cc1nc2c(N3CCOCC3)nccn2c1-c1cnc(C(C)C)[nH]1. The second kappa shape index (κ2) is 5.90. The van der Waals surface area contributed by atoms with Gasteiger partial charge in [-0.25, -0.2) is 15.0 Å². The Kier molecular flexibility index (Phi) is 3.72. The first-order valence-corrected chi connectivity index (χ1v) is 8.37. The highest BCUT2D eigenvalue weighted by Crippen LogP contribution is 2.28. The molecule has 4 rings (SSSR count). The number of hydrogen-bond acceptors (Lipinski definition) is 5. The molecule has 1 fully saturated rings. The Morgan fingerprint density at radius 2 is 2.00 bits per heavy atom. The van der Waals surface area contributed by atoms with E-state index in [2.05, 4.69) is 38.1 Å². The van der Waals surface area contributed by atoms with Crippen LogP contribution >= 0.6 is 0 Å². The minimum atomic E-state index is 0.365. The average Bonchev–Trinajstić information content (AvgIpc) is 3.18. The molecule has 0 saturated carbocycles. The van der Waals surface area contributed by atoms with Crippen LogP contribution in [0.5, 0.6) is 0 Å². The third-order valence-corrected chi connectivity index (χ3v) is 4.41. The van der Waals surface area contributed by atoms with Gasteiger partial charge in [0.2, 0.25) is 0 Å². The lowest BCUT2D eigenvalue weighted by Gasteiger charge is -2.27. The van der Waals surface area contributed by atoms with Crippen molar-refractivity contribution in [3.05, 3.63) is 30.1 Å². The lowest BCUT2D eigenvalue weighted by molar-refractivity contribution is 0.122. The van der Waals surface area contributed by atoms with Crippen molar-refractivity contribution in [2.24, 2.45) is 0 Å². The molecule has 0 unspecified atom stereocenters. The van der Waals surface area contributed by atoms with Crippen molar-refractivity contribution >= 4 is 11.5 Å². The quantitative estimate of drug-likeness (QED) is 0.800. The Labute approximate surface area is 140 Å². The van der Waals surface area contributed by atoms with Crippen molar-refractivity contribution in [3.63, 3.8) is 0 Å². The Morgan fingerprint density at radius 1 is 1.21 bits per heavy atom. The van der Waals surface area contributed by atoms with E-state index in [1.54, 1.807) is 0 Å². The number of nitrogens with zero attached hydrogens (tertiary/aromatic N) is 5. The summed E-state index contributed by atoms with van der Waals surface area (Å²) in [7, 11) is 0. The highest BCUT2D eigenvalue weighted by molar-refractivity contribution is 5.72. The van der Waals surface area contributed by atoms with Crippen LogP contribution in [0.2, 0.25) is 0 Å². The van der Waals surface area contributed by atoms with E-state index in [1.807, 2.05) is 25.5 Å². The molecule has 24 heavy (non-hydrogen) atoms. The first-order valence-electron chi connectivity index (χ1n) is 8.37. The Balaban J connectivity index is 1.83. The fraction of sp³-hybridized carbons (Fsp3) is 0.471. The highest BCUT2D eigenvalue weighted by Gasteiger charge is 2.21. The summed E-state index contributed by atoms with van der Waals surface area (Å²) in [5.74, 6) is 2.27. The van der Waals surface area contributed by atoms with Gasteiger partial charge < -0.3 is 14.6 Å². The fourth-order valence-corrected chi connectivity index (χ4v) is 3.15. The van der Waals surface area contributed by atoms with Gasteiger partial charge in [0.15, 0.2) is 11.5 Å². The normalized spacial score (nSPS) is 15.6. The van der Waals surface area contributed by atoms with E-state index in [-0.39, 0.29) is 0 Å². The van der Waals surface area contributed by atoms with Gasteiger partial charge in [-0.1, -0.05) is 13.8 Å². The maximum atomic E-state index is 5.45. The zero-order valence-electron chi connectivity index (χ0n) is 14.3. The second-order valence-corrected chi connectivity index (χ2v) is 6.43. The summed E-state index contributed by atoms with van der Waals surface area (Å²) in [6.07, 6.45) is 5.69. The third-order valence-electron chi connectivity index (χ3n) is 4.41. The number of hydrogen-bond donors (Lipinski definition) is 1.